The van der Waals surface area contributed by atoms with Crippen molar-refractivity contribution >= 4 is 47.0 Å². The summed E-state index contributed by atoms with van der Waals surface area (Å²) in [6.07, 6.45) is 3.44. The summed E-state index contributed by atoms with van der Waals surface area (Å²) in [5, 5.41) is 16.6. The fraction of sp³-hybridized carbons (Fsp3) is 0.0417. The largest absolute Gasteiger partial charge is 0.497 e. The van der Waals surface area contributed by atoms with Gasteiger partial charge in [0.15, 0.2) is 0 Å². The molecule has 4 rings (SSSR count). The fourth-order valence-corrected chi connectivity index (χ4v) is 3.85. The minimum Gasteiger partial charge on any atom is -0.497 e. The van der Waals surface area contributed by atoms with E-state index in [2.05, 4.69) is 15.3 Å². The smallest absolute Gasteiger partial charge is 0.231 e. The van der Waals surface area contributed by atoms with Crippen molar-refractivity contribution in [3.63, 3.8) is 0 Å². The van der Waals surface area contributed by atoms with E-state index >= 15 is 0 Å². The van der Waals surface area contributed by atoms with Gasteiger partial charge in [0.25, 0.3) is 0 Å². The number of thiazole rings is 1. The maximum atomic E-state index is 5.99. The van der Waals surface area contributed by atoms with Crippen molar-refractivity contribution in [1.82, 2.24) is 4.68 Å². The minimum absolute atomic E-state index is 0.631. The molecule has 0 saturated heterocycles. The molecule has 0 radical (unpaired) electrons. The van der Waals surface area contributed by atoms with Gasteiger partial charge in [-0.15, -0.1) is 16.4 Å². The summed E-state index contributed by atoms with van der Waals surface area (Å²) in [6.45, 7) is 0. The van der Waals surface area contributed by atoms with Crippen LogP contribution in [0.2, 0.25) is 10.0 Å². The van der Waals surface area contributed by atoms with Gasteiger partial charge in [-0.05, 0) is 59.7 Å². The Morgan fingerprint density at radius 1 is 0.812 bits per heavy atom. The van der Waals surface area contributed by atoms with Crippen LogP contribution in [0.25, 0.3) is 11.3 Å². The molecule has 4 aromatic rings. The average Bonchev–Trinajstić information content (AvgIpc) is 3.22. The number of rotatable bonds is 6. The van der Waals surface area contributed by atoms with Crippen molar-refractivity contribution in [2.75, 3.05) is 7.11 Å². The van der Waals surface area contributed by atoms with Crippen molar-refractivity contribution in [2.24, 2.45) is 15.3 Å². The number of benzene rings is 3. The summed E-state index contributed by atoms with van der Waals surface area (Å²) in [5.74, 6) is 0.790. The van der Waals surface area contributed by atoms with Crippen LogP contribution in [0.15, 0.2) is 93.5 Å². The normalized spacial score (nSPS) is 12.2. The first-order valence-electron chi connectivity index (χ1n) is 9.60. The molecule has 0 aliphatic rings. The summed E-state index contributed by atoms with van der Waals surface area (Å²) in [6, 6.07) is 22.6. The Bertz CT molecular complexity index is 1310. The first kappa shape index (κ1) is 22.0. The second-order valence-corrected chi connectivity index (χ2v) is 8.35. The highest BCUT2D eigenvalue weighted by Crippen LogP contribution is 2.23. The van der Waals surface area contributed by atoms with Gasteiger partial charge in [-0.1, -0.05) is 47.5 Å². The standard InChI is InChI=1S/C24H18Cl2N4OS/c1-31-22-12-6-19(7-13-22)23-16-32-24(29-27-14-17-2-8-20(25)9-3-17)30(23)28-15-18-4-10-21(26)11-5-18/h2-16H,1H3/b27-14+,28-15+,29-24-. The summed E-state index contributed by atoms with van der Waals surface area (Å²) in [5.41, 5.74) is 3.70. The summed E-state index contributed by atoms with van der Waals surface area (Å²) in [4.78, 5) is 0.631. The van der Waals surface area contributed by atoms with E-state index in [1.807, 2.05) is 78.2 Å². The fourth-order valence-electron chi connectivity index (χ4n) is 2.81. The SMILES string of the molecule is COc1ccc(-c2cs/c(=N\N=C\c3ccc(Cl)cc3)n2/N=C/c2ccc(Cl)cc2)cc1. The van der Waals surface area contributed by atoms with Crippen LogP contribution in [0, 0.1) is 0 Å². The summed E-state index contributed by atoms with van der Waals surface area (Å²) >= 11 is 13.4. The monoisotopic (exact) mass is 480 g/mol. The van der Waals surface area contributed by atoms with E-state index in [4.69, 9.17) is 27.9 Å². The maximum Gasteiger partial charge on any atom is 0.231 e. The Balaban J connectivity index is 1.72. The van der Waals surface area contributed by atoms with Gasteiger partial charge in [0.2, 0.25) is 4.80 Å². The number of nitrogens with zero attached hydrogens (tertiary/aromatic N) is 4. The molecule has 0 N–H and O–H groups in total. The first-order chi connectivity index (χ1) is 15.6. The lowest BCUT2D eigenvalue weighted by molar-refractivity contribution is 0.415. The highest BCUT2D eigenvalue weighted by molar-refractivity contribution is 7.07. The minimum atomic E-state index is 0.631. The Labute approximate surface area is 199 Å². The second kappa shape index (κ2) is 10.4. The van der Waals surface area contributed by atoms with Crippen LogP contribution in [0.3, 0.4) is 0 Å². The number of hydrogen-bond donors (Lipinski definition) is 0. The molecular weight excluding hydrogens is 463 g/mol. The van der Waals surface area contributed by atoms with Crippen LogP contribution in [0.1, 0.15) is 11.1 Å². The van der Waals surface area contributed by atoms with Crippen LogP contribution >= 0.6 is 34.5 Å². The first-order valence-corrected chi connectivity index (χ1v) is 11.2. The van der Waals surface area contributed by atoms with E-state index in [-0.39, 0.29) is 0 Å². The van der Waals surface area contributed by atoms with Crippen LogP contribution in [-0.4, -0.2) is 24.2 Å². The van der Waals surface area contributed by atoms with E-state index in [1.54, 1.807) is 24.2 Å². The third kappa shape index (κ3) is 5.53. The van der Waals surface area contributed by atoms with Gasteiger partial charge in [-0.2, -0.15) is 10.2 Å². The molecule has 1 heterocycles. The van der Waals surface area contributed by atoms with E-state index in [9.17, 15) is 0 Å². The number of halogens is 2. The van der Waals surface area contributed by atoms with Crippen molar-refractivity contribution in [2.45, 2.75) is 0 Å². The van der Waals surface area contributed by atoms with Gasteiger partial charge in [0.05, 0.1) is 25.2 Å². The molecule has 1 aromatic heterocycles. The molecule has 0 unspecified atom stereocenters. The third-order valence-corrected chi connectivity index (χ3v) is 5.79. The number of ether oxygens (including phenoxy) is 1. The zero-order valence-electron chi connectivity index (χ0n) is 17.0. The zero-order valence-corrected chi connectivity index (χ0v) is 19.3. The van der Waals surface area contributed by atoms with Gasteiger partial charge in [-0.3, -0.25) is 0 Å². The molecular formula is C24H18Cl2N4OS. The third-order valence-electron chi connectivity index (χ3n) is 4.48. The molecule has 8 heteroatoms. The topological polar surface area (TPSA) is 51.2 Å². The predicted molar refractivity (Wildman–Crippen MR) is 133 cm³/mol. The van der Waals surface area contributed by atoms with Crippen LogP contribution in [-0.2, 0) is 0 Å². The number of aromatic nitrogens is 1. The van der Waals surface area contributed by atoms with Crippen molar-refractivity contribution < 1.29 is 4.74 Å². The second-order valence-electron chi connectivity index (χ2n) is 6.64. The van der Waals surface area contributed by atoms with Crippen LogP contribution in [0.5, 0.6) is 5.75 Å². The number of methoxy groups -OCH3 is 1. The highest BCUT2D eigenvalue weighted by atomic mass is 35.5. The van der Waals surface area contributed by atoms with Gasteiger partial charge in [-0.25, -0.2) is 4.68 Å². The van der Waals surface area contributed by atoms with Crippen molar-refractivity contribution in [1.29, 1.82) is 0 Å². The van der Waals surface area contributed by atoms with Gasteiger partial charge < -0.3 is 4.74 Å². The van der Waals surface area contributed by atoms with E-state index in [1.165, 1.54) is 11.3 Å². The molecule has 0 atom stereocenters. The lowest BCUT2D eigenvalue weighted by Gasteiger charge is -2.05. The van der Waals surface area contributed by atoms with Crippen molar-refractivity contribution in [3.8, 4) is 17.0 Å². The van der Waals surface area contributed by atoms with Gasteiger partial charge in [0.1, 0.15) is 5.75 Å². The molecule has 160 valence electrons. The lowest BCUT2D eigenvalue weighted by atomic mass is 10.2. The molecule has 0 amide bonds. The molecule has 0 bridgehead atoms. The maximum absolute atomic E-state index is 5.99. The molecule has 0 saturated carbocycles. The lowest BCUT2D eigenvalue weighted by Crippen LogP contribution is -2.11. The zero-order chi connectivity index (χ0) is 22.3. The molecule has 32 heavy (non-hydrogen) atoms. The van der Waals surface area contributed by atoms with E-state index in [0.29, 0.717) is 14.8 Å². The predicted octanol–water partition coefficient (Wildman–Crippen LogP) is 6.35. The van der Waals surface area contributed by atoms with Crippen LogP contribution < -0.4 is 9.54 Å². The van der Waals surface area contributed by atoms with Gasteiger partial charge in [0, 0.05) is 21.0 Å². The summed E-state index contributed by atoms with van der Waals surface area (Å²) in [7, 11) is 1.64. The Kier molecular flexibility index (Phi) is 7.17. The van der Waals surface area contributed by atoms with Crippen LogP contribution in [0.4, 0.5) is 0 Å². The van der Waals surface area contributed by atoms with E-state index in [0.717, 1.165) is 28.1 Å². The summed E-state index contributed by atoms with van der Waals surface area (Å²) < 4.78 is 7.03. The molecule has 0 fully saturated rings. The highest BCUT2D eigenvalue weighted by Gasteiger charge is 2.08. The molecule has 0 aliphatic heterocycles. The number of hydrogen-bond acceptors (Lipinski definition) is 5. The Morgan fingerprint density at radius 3 is 2.00 bits per heavy atom. The average molecular weight is 481 g/mol. The van der Waals surface area contributed by atoms with Gasteiger partial charge >= 0.3 is 0 Å². The quantitative estimate of drug-likeness (QED) is 0.234. The molecule has 3 aromatic carbocycles. The Morgan fingerprint density at radius 2 is 1.41 bits per heavy atom. The molecule has 0 spiro atoms. The Hall–Kier alpha value is -3.19. The molecule has 0 aliphatic carbocycles. The molecule has 5 nitrogen and oxygen atoms in total. The van der Waals surface area contributed by atoms with Crippen molar-refractivity contribution in [3.05, 3.63) is 104 Å². The van der Waals surface area contributed by atoms with E-state index < -0.39 is 0 Å².